The summed E-state index contributed by atoms with van der Waals surface area (Å²) in [7, 11) is 0. The molecule has 13 heavy (non-hydrogen) atoms. The summed E-state index contributed by atoms with van der Waals surface area (Å²) in [6.45, 7) is 8.88. The quantitative estimate of drug-likeness (QED) is 0.662. The van der Waals surface area contributed by atoms with E-state index in [1.807, 2.05) is 0 Å². The average molecular weight is 183 g/mol. The van der Waals surface area contributed by atoms with Gasteiger partial charge in [-0.3, -0.25) is 4.90 Å². The molecule has 2 aliphatic rings. The Hall–Kier alpha value is -0.0800. The molecule has 0 bridgehead atoms. The number of ether oxygens (including phenoxy) is 1. The molecule has 1 saturated carbocycles. The minimum Gasteiger partial charge on any atom is -0.379 e. The van der Waals surface area contributed by atoms with Gasteiger partial charge in [0.1, 0.15) is 0 Å². The monoisotopic (exact) mass is 183 g/mol. The van der Waals surface area contributed by atoms with Crippen molar-refractivity contribution in [3.63, 3.8) is 0 Å². The van der Waals surface area contributed by atoms with Gasteiger partial charge in [-0.05, 0) is 25.2 Å². The molecule has 2 fully saturated rings. The zero-order valence-electron chi connectivity index (χ0n) is 8.88. The van der Waals surface area contributed by atoms with Crippen molar-refractivity contribution in [1.82, 2.24) is 4.90 Å². The van der Waals surface area contributed by atoms with E-state index in [1.165, 1.54) is 19.3 Å². The molecule has 76 valence electrons. The molecule has 0 radical (unpaired) electrons. The van der Waals surface area contributed by atoms with Gasteiger partial charge in [-0.25, -0.2) is 0 Å². The van der Waals surface area contributed by atoms with Crippen molar-refractivity contribution in [3.8, 4) is 0 Å². The number of hydrogen-bond donors (Lipinski definition) is 0. The molecule has 2 heteroatoms. The van der Waals surface area contributed by atoms with Crippen LogP contribution in [0.25, 0.3) is 0 Å². The molecule has 1 aliphatic carbocycles. The smallest absolute Gasteiger partial charge is 0.0594 e. The molecule has 2 rings (SSSR count). The van der Waals surface area contributed by atoms with Gasteiger partial charge in [0.2, 0.25) is 0 Å². The second kappa shape index (κ2) is 3.58. The minimum atomic E-state index is 0.595. The lowest BCUT2D eigenvalue weighted by Crippen LogP contribution is -2.45. The first-order valence-corrected chi connectivity index (χ1v) is 5.56. The molecular formula is C11H21NO. The van der Waals surface area contributed by atoms with Crippen molar-refractivity contribution in [1.29, 1.82) is 0 Å². The van der Waals surface area contributed by atoms with Crippen LogP contribution in [0.15, 0.2) is 0 Å². The van der Waals surface area contributed by atoms with E-state index in [4.69, 9.17) is 4.74 Å². The Bertz CT molecular complexity index is 169. The van der Waals surface area contributed by atoms with Crippen LogP contribution in [-0.2, 0) is 4.74 Å². The maximum atomic E-state index is 5.39. The van der Waals surface area contributed by atoms with Gasteiger partial charge in [-0.2, -0.15) is 0 Å². The van der Waals surface area contributed by atoms with Gasteiger partial charge >= 0.3 is 0 Å². The highest BCUT2D eigenvalue weighted by atomic mass is 16.5. The second-order valence-corrected chi connectivity index (χ2v) is 4.92. The molecule has 0 spiro atoms. The van der Waals surface area contributed by atoms with Crippen LogP contribution in [0.2, 0.25) is 0 Å². The average Bonchev–Trinajstić information content (AvgIpc) is 2.86. The summed E-state index contributed by atoms with van der Waals surface area (Å²) in [5, 5.41) is 0. The van der Waals surface area contributed by atoms with Crippen LogP contribution in [0.3, 0.4) is 0 Å². The molecule has 1 heterocycles. The van der Waals surface area contributed by atoms with Gasteiger partial charge in [-0.15, -0.1) is 0 Å². The third-order valence-corrected chi connectivity index (χ3v) is 3.30. The van der Waals surface area contributed by atoms with Crippen molar-refractivity contribution in [2.24, 2.45) is 5.92 Å². The summed E-state index contributed by atoms with van der Waals surface area (Å²) >= 11 is 0. The summed E-state index contributed by atoms with van der Waals surface area (Å²) in [4.78, 5) is 2.66. The Morgan fingerprint density at radius 2 is 1.85 bits per heavy atom. The van der Waals surface area contributed by atoms with E-state index in [0.29, 0.717) is 5.54 Å². The zero-order chi connectivity index (χ0) is 9.31. The fourth-order valence-corrected chi connectivity index (χ4v) is 2.59. The summed E-state index contributed by atoms with van der Waals surface area (Å²) < 4.78 is 5.39. The topological polar surface area (TPSA) is 12.5 Å². The molecule has 0 atom stereocenters. The predicted molar refractivity (Wildman–Crippen MR) is 53.8 cm³/mol. The Morgan fingerprint density at radius 1 is 1.23 bits per heavy atom. The number of nitrogens with zero attached hydrogens (tertiary/aromatic N) is 1. The number of hydrogen-bond acceptors (Lipinski definition) is 2. The predicted octanol–water partition coefficient (Wildman–Crippen LogP) is 1.90. The molecule has 1 saturated heterocycles. The molecule has 0 unspecified atom stereocenters. The Morgan fingerprint density at radius 3 is 2.31 bits per heavy atom. The Balaban J connectivity index is 1.90. The van der Waals surface area contributed by atoms with Crippen LogP contribution in [0.1, 0.15) is 33.1 Å². The SMILES string of the molecule is CC(C)CC1(N2CCOCC2)CC1. The van der Waals surface area contributed by atoms with E-state index < -0.39 is 0 Å². The van der Waals surface area contributed by atoms with Crippen LogP contribution in [0.5, 0.6) is 0 Å². The second-order valence-electron chi connectivity index (χ2n) is 4.92. The van der Waals surface area contributed by atoms with E-state index in [0.717, 1.165) is 32.2 Å². The summed E-state index contributed by atoms with van der Waals surface area (Å²) in [6.07, 6.45) is 4.23. The summed E-state index contributed by atoms with van der Waals surface area (Å²) in [5.74, 6) is 0.838. The molecular weight excluding hydrogens is 162 g/mol. The summed E-state index contributed by atoms with van der Waals surface area (Å²) in [6, 6.07) is 0. The van der Waals surface area contributed by atoms with Crippen LogP contribution in [0, 0.1) is 5.92 Å². The van der Waals surface area contributed by atoms with Gasteiger partial charge in [0, 0.05) is 18.6 Å². The maximum absolute atomic E-state index is 5.39. The van der Waals surface area contributed by atoms with Crippen LogP contribution >= 0.6 is 0 Å². The Kier molecular flexibility index (Phi) is 2.61. The number of rotatable bonds is 3. The highest BCUT2D eigenvalue weighted by Crippen LogP contribution is 2.46. The molecule has 0 aromatic carbocycles. The van der Waals surface area contributed by atoms with Crippen LogP contribution in [0.4, 0.5) is 0 Å². The van der Waals surface area contributed by atoms with E-state index >= 15 is 0 Å². The standard InChI is InChI=1S/C11H21NO/c1-10(2)9-11(3-4-11)12-5-7-13-8-6-12/h10H,3-9H2,1-2H3. The van der Waals surface area contributed by atoms with Crippen molar-refractivity contribution < 1.29 is 4.74 Å². The largest absolute Gasteiger partial charge is 0.379 e. The molecule has 0 N–H and O–H groups in total. The first-order chi connectivity index (χ1) is 6.23. The lowest BCUT2D eigenvalue weighted by molar-refractivity contribution is 0.00448. The minimum absolute atomic E-state index is 0.595. The molecule has 1 aliphatic heterocycles. The highest BCUT2D eigenvalue weighted by Gasteiger charge is 2.47. The van der Waals surface area contributed by atoms with Crippen LogP contribution in [-0.4, -0.2) is 36.7 Å². The van der Waals surface area contributed by atoms with Crippen LogP contribution < -0.4 is 0 Å². The number of morpholine rings is 1. The van der Waals surface area contributed by atoms with Gasteiger partial charge in [0.15, 0.2) is 0 Å². The lowest BCUT2D eigenvalue weighted by atomic mass is 10.00. The fourth-order valence-electron chi connectivity index (χ4n) is 2.59. The normalized spacial score (nSPS) is 27.9. The van der Waals surface area contributed by atoms with Crippen molar-refractivity contribution >= 4 is 0 Å². The van der Waals surface area contributed by atoms with Gasteiger partial charge < -0.3 is 4.74 Å². The van der Waals surface area contributed by atoms with Crippen molar-refractivity contribution in [2.45, 2.75) is 38.6 Å². The first kappa shape index (κ1) is 9.47. The molecule has 0 aromatic rings. The van der Waals surface area contributed by atoms with E-state index in [9.17, 15) is 0 Å². The summed E-state index contributed by atoms with van der Waals surface area (Å²) in [5.41, 5.74) is 0.595. The van der Waals surface area contributed by atoms with E-state index in [2.05, 4.69) is 18.7 Å². The van der Waals surface area contributed by atoms with Gasteiger partial charge in [0.05, 0.1) is 13.2 Å². The third-order valence-electron chi connectivity index (χ3n) is 3.30. The molecule has 0 amide bonds. The maximum Gasteiger partial charge on any atom is 0.0594 e. The zero-order valence-corrected chi connectivity index (χ0v) is 8.88. The van der Waals surface area contributed by atoms with Crippen molar-refractivity contribution in [2.75, 3.05) is 26.3 Å². The van der Waals surface area contributed by atoms with E-state index in [-0.39, 0.29) is 0 Å². The Labute approximate surface area is 81.3 Å². The molecule has 0 aromatic heterocycles. The highest BCUT2D eigenvalue weighted by molar-refractivity contribution is 5.04. The fraction of sp³-hybridized carbons (Fsp3) is 1.00. The van der Waals surface area contributed by atoms with Crippen molar-refractivity contribution in [3.05, 3.63) is 0 Å². The third kappa shape index (κ3) is 2.05. The molecule has 2 nitrogen and oxygen atoms in total. The van der Waals surface area contributed by atoms with Gasteiger partial charge in [-0.1, -0.05) is 13.8 Å². The first-order valence-electron chi connectivity index (χ1n) is 5.56. The van der Waals surface area contributed by atoms with Gasteiger partial charge in [0.25, 0.3) is 0 Å². The lowest BCUT2D eigenvalue weighted by Gasteiger charge is -2.35. The van der Waals surface area contributed by atoms with E-state index in [1.54, 1.807) is 0 Å².